The maximum absolute atomic E-state index is 13.0. The van der Waals surface area contributed by atoms with Crippen molar-refractivity contribution >= 4 is 17.2 Å². The zero-order valence-corrected chi connectivity index (χ0v) is 15.7. The van der Waals surface area contributed by atoms with E-state index in [2.05, 4.69) is 33.8 Å². The average molecular weight is 357 g/mol. The van der Waals surface area contributed by atoms with Crippen LogP contribution in [0.5, 0.6) is 0 Å². The van der Waals surface area contributed by atoms with Crippen molar-refractivity contribution in [1.29, 1.82) is 0 Å². The molecule has 0 amide bonds. The molecule has 1 fully saturated rings. The average Bonchev–Trinajstić information content (AvgIpc) is 2.56. The fourth-order valence-electron chi connectivity index (χ4n) is 3.29. The molecule has 1 saturated heterocycles. The van der Waals surface area contributed by atoms with Crippen molar-refractivity contribution in [3.63, 3.8) is 0 Å². The summed E-state index contributed by atoms with van der Waals surface area (Å²) in [5.41, 5.74) is 4.48. The van der Waals surface area contributed by atoms with Crippen LogP contribution in [0.15, 0.2) is 36.4 Å². The number of piperazine rings is 1. The topological polar surface area (TPSA) is 19.4 Å². The highest BCUT2D eigenvalue weighted by Crippen LogP contribution is 2.12. The van der Waals surface area contributed by atoms with Crippen molar-refractivity contribution in [3.05, 3.63) is 64.7 Å². The predicted molar refractivity (Wildman–Crippen MR) is 103 cm³/mol. The summed E-state index contributed by atoms with van der Waals surface area (Å²) in [6.45, 7) is 8.79. The van der Waals surface area contributed by atoms with Crippen molar-refractivity contribution in [3.8, 4) is 0 Å². The molecule has 5 heteroatoms. The normalized spacial score (nSPS) is 15.4. The number of hydrogen-bond donors (Lipinski definition) is 0. The van der Waals surface area contributed by atoms with Crippen molar-refractivity contribution in [2.45, 2.75) is 26.8 Å². The van der Waals surface area contributed by atoms with Crippen LogP contribution in [0, 0.1) is 19.7 Å². The van der Waals surface area contributed by atoms with Crippen LogP contribution in [-0.2, 0) is 13.0 Å². The van der Waals surface area contributed by atoms with Crippen LogP contribution >= 0.6 is 12.2 Å². The quantitative estimate of drug-likeness (QED) is 0.780. The molecule has 0 radical (unpaired) electrons. The van der Waals surface area contributed by atoms with Crippen LogP contribution in [0.4, 0.5) is 4.39 Å². The molecule has 1 aliphatic rings. The fraction of sp³-hybridized carbons (Fsp3) is 0.400. The van der Waals surface area contributed by atoms with E-state index in [4.69, 9.17) is 12.2 Å². The van der Waals surface area contributed by atoms with Crippen LogP contribution in [0.1, 0.15) is 22.5 Å². The highest BCUT2D eigenvalue weighted by Gasteiger charge is 2.19. The Kier molecular flexibility index (Phi) is 5.76. The van der Waals surface area contributed by atoms with Crippen molar-refractivity contribution in [2.24, 2.45) is 0 Å². The largest absolute Gasteiger partial charge is 0.363 e. The van der Waals surface area contributed by atoms with E-state index in [-0.39, 0.29) is 5.82 Å². The monoisotopic (exact) mass is 357 g/mol. The van der Waals surface area contributed by atoms with Crippen LogP contribution in [0.2, 0.25) is 0 Å². The van der Waals surface area contributed by atoms with Crippen LogP contribution in [-0.4, -0.2) is 46.0 Å². The maximum atomic E-state index is 13.0. The van der Waals surface area contributed by atoms with Crippen molar-refractivity contribution in [1.82, 2.24) is 14.8 Å². The Morgan fingerprint density at radius 2 is 1.76 bits per heavy atom. The second-order valence-electron chi connectivity index (χ2n) is 6.74. The minimum Gasteiger partial charge on any atom is -0.363 e. The molecule has 0 spiro atoms. The van der Waals surface area contributed by atoms with E-state index in [9.17, 15) is 4.39 Å². The van der Waals surface area contributed by atoms with Gasteiger partial charge < -0.3 is 4.90 Å². The molecular weight excluding hydrogens is 333 g/mol. The van der Waals surface area contributed by atoms with Gasteiger partial charge in [0.25, 0.3) is 0 Å². The second-order valence-corrected chi connectivity index (χ2v) is 7.21. The molecule has 0 aliphatic carbocycles. The van der Waals surface area contributed by atoms with Crippen LogP contribution in [0.25, 0.3) is 0 Å². The number of halogens is 1. The summed E-state index contributed by atoms with van der Waals surface area (Å²) < 4.78 is 13.0. The van der Waals surface area contributed by atoms with E-state index in [0.717, 1.165) is 61.1 Å². The summed E-state index contributed by atoms with van der Waals surface area (Å²) in [6, 6.07) is 11.0. The first-order chi connectivity index (χ1) is 12.0. The van der Waals surface area contributed by atoms with Crippen LogP contribution in [0.3, 0.4) is 0 Å². The predicted octanol–water partition coefficient (Wildman–Crippen LogP) is 3.53. The molecule has 0 N–H and O–H groups in total. The Morgan fingerprint density at radius 1 is 1.08 bits per heavy atom. The number of thiocarbonyl (C=S) groups is 1. The van der Waals surface area contributed by atoms with Gasteiger partial charge in [-0.1, -0.05) is 24.4 Å². The molecule has 2 heterocycles. The lowest BCUT2D eigenvalue weighted by Crippen LogP contribution is -2.48. The van der Waals surface area contributed by atoms with Gasteiger partial charge >= 0.3 is 0 Å². The Morgan fingerprint density at radius 3 is 2.40 bits per heavy atom. The first-order valence-corrected chi connectivity index (χ1v) is 9.09. The minimum absolute atomic E-state index is 0.182. The standard InChI is InChI=1S/C20H24FN3S/c1-15-11-16(2)22-19(12-15)13-20(25)24-9-7-23(8-10-24)14-17-3-5-18(21)6-4-17/h3-6,11-12H,7-10,13-14H2,1-2H3. The maximum Gasteiger partial charge on any atom is 0.123 e. The second kappa shape index (κ2) is 8.02. The molecule has 3 nitrogen and oxygen atoms in total. The molecule has 1 aromatic carbocycles. The minimum atomic E-state index is -0.182. The highest BCUT2D eigenvalue weighted by molar-refractivity contribution is 7.80. The van der Waals surface area contributed by atoms with Gasteiger partial charge in [-0.15, -0.1) is 0 Å². The van der Waals surface area contributed by atoms with E-state index >= 15 is 0 Å². The molecule has 3 rings (SSSR count). The number of aromatic nitrogens is 1. The number of hydrogen-bond acceptors (Lipinski definition) is 3. The first-order valence-electron chi connectivity index (χ1n) is 8.68. The summed E-state index contributed by atoms with van der Waals surface area (Å²) in [5.74, 6) is -0.182. The van der Waals surface area contributed by atoms with Crippen molar-refractivity contribution in [2.75, 3.05) is 26.2 Å². The van der Waals surface area contributed by atoms with Gasteiger partial charge in [0, 0.05) is 50.5 Å². The molecular formula is C20H24FN3S. The van der Waals surface area contributed by atoms with Gasteiger partial charge in [0.2, 0.25) is 0 Å². The molecule has 132 valence electrons. The Labute approximate surface area is 154 Å². The van der Waals surface area contributed by atoms with Gasteiger partial charge in [-0.05, 0) is 49.2 Å². The number of aryl methyl sites for hydroxylation is 2. The summed E-state index contributed by atoms with van der Waals surface area (Å²) in [4.78, 5) is 10.2. The summed E-state index contributed by atoms with van der Waals surface area (Å²) in [6.07, 6.45) is 0.732. The van der Waals surface area contributed by atoms with E-state index in [1.807, 2.05) is 19.1 Å². The lowest BCUT2D eigenvalue weighted by molar-refractivity contribution is 0.176. The molecule has 1 aliphatic heterocycles. The molecule has 0 atom stereocenters. The Hall–Kier alpha value is -1.85. The summed E-state index contributed by atoms with van der Waals surface area (Å²) >= 11 is 5.65. The van der Waals surface area contributed by atoms with E-state index in [1.54, 1.807) is 0 Å². The van der Waals surface area contributed by atoms with E-state index in [0.29, 0.717) is 0 Å². The van der Waals surface area contributed by atoms with Gasteiger partial charge in [-0.2, -0.15) is 0 Å². The molecule has 0 saturated carbocycles. The molecule has 2 aromatic rings. The number of nitrogens with zero attached hydrogens (tertiary/aromatic N) is 3. The van der Waals surface area contributed by atoms with Gasteiger partial charge in [-0.3, -0.25) is 9.88 Å². The third-order valence-electron chi connectivity index (χ3n) is 4.53. The van der Waals surface area contributed by atoms with Crippen LogP contribution < -0.4 is 0 Å². The zero-order valence-electron chi connectivity index (χ0n) is 14.8. The number of pyridine rings is 1. The fourth-order valence-corrected chi connectivity index (χ4v) is 3.62. The van der Waals surface area contributed by atoms with Gasteiger partial charge in [-0.25, -0.2) is 4.39 Å². The number of rotatable bonds is 4. The lowest BCUT2D eigenvalue weighted by Gasteiger charge is -2.36. The third-order valence-corrected chi connectivity index (χ3v) is 4.93. The van der Waals surface area contributed by atoms with Gasteiger partial charge in [0.05, 0.1) is 4.99 Å². The third kappa shape index (κ3) is 5.06. The smallest absolute Gasteiger partial charge is 0.123 e. The molecule has 0 unspecified atom stereocenters. The first kappa shape index (κ1) is 18.0. The molecule has 0 bridgehead atoms. The molecule has 1 aromatic heterocycles. The lowest BCUT2D eigenvalue weighted by atomic mass is 10.1. The Bertz CT molecular complexity index is 717. The Balaban J connectivity index is 1.51. The van der Waals surface area contributed by atoms with E-state index < -0.39 is 0 Å². The molecule has 25 heavy (non-hydrogen) atoms. The van der Waals surface area contributed by atoms with E-state index in [1.165, 1.54) is 17.7 Å². The number of benzene rings is 1. The summed E-state index contributed by atoms with van der Waals surface area (Å²) in [7, 11) is 0. The van der Waals surface area contributed by atoms with Gasteiger partial charge in [0.1, 0.15) is 5.82 Å². The SMILES string of the molecule is Cc1cc(C)nc(CC(=S)N2CCN(Cc3ccc(F)cc3)CC2)c1. The zero-order chi connectivity index (χ0) is 17.8. The summed E-state index contributed by atoms with van der Waals surface area (Å²) in [5, 5.41) is 0. The highest BCUT2D eigenvalue weighted by atomic mass is 32.1. The van der Waals surface area contributed by atoms with Crippen molar-refractivity contribution < 1.29 is 4.39 Å². The van der Waals surface area contributed by atoms with Gasteiger partial charge in [0.15, 0.2) is 0 Å².